The molecule has 0 heterocycles. The van der Waals surface area contributed by atoms with E-state index in [2.05, 4.69) is 9.71 Å². The first-order chi connectivity index (χ1) is 3.31. The fourth-order valence-electron chi connectivity index (χ4n) is 0.152. The van der Waals surface area contributed by atoms with E-state index < -0.39 is 6.09 Å². The molecule has 0 aromatic carbocycles. The van der Waals surface area contributed by atoms with Crippen molar-refractivity contribution in [1.29, 1.82) is 5.39 Å². The molecule has 0 fully saturated rings. The van der Waals surface area contributed by atoms with Crippen molar-refractivity contribution in [3.63, 3.8) is 0 Å². The molecule has 0 N–H and O–H groups in total. The van der Waals surface area contributed by atoms with Gasteiger partial charge in [0.15, 0.2) is 0 Å². The van der Waals surface area contributed by atoms with Gasteiger partial charge in [0.1, 0.15) is 0 Å². The Bertz CT molecular complexity index is 104. The number of ether oxygens (including phenoxy) is 1. The van der Waals surface area contributed by atoms with Gasteiger partial charge in [0.2, 0.25) is 5.39 Å². The lowest BCUT2D eigenvalue weighted by Gasteiger charge is -1.76. The molecule has 0 saturated carbocycles. The molecule has 1 amide bonds. The first-order valence-electron chi connectivity index (χ1n) is 1.83. The summed E-state index contributed by atoms with van der Waals surface area (Å²) in [6.07, 6.45) is -0.942. The van der Waals surface area contributed by atoms with Crippen LogP contribution in [0.1, 0.15) is 6.92 Å². The topological polar surface area (TPSA) is 54.5 Å². The molecule has 7 heavy (non-hydrogen) atoms. The van der Waals surface area contributed by atoms with E-state index >= 15 is 0 Å². The highest BCUT2D eigenvalue weighted by atomic mass is 16.5. The highest BCUT2D eigenvalue weighted by Crippen LogP contribution is 1.78. The van der Waals surface area contributed by atoms with Gasteiger partial charge in [-0.3, -0.25) is 0 Å². The minimum Gasteiger partial charge on any atom is -0.395 e. The van der Waals surface area contributed by atoms with Crippen LogP contribution in [0.4, 0.5) is 4.79 Å². The van der Waals surface area contributed by atoms with Crippen molar-refractivity contribution in [1.82, 2.24) is 0 Å². The number of carbonyl (C=O) groups is 1. The number of hydrogen-bond acceptors (Lipinski definition) is 3. The van der Waals surface area contributed by atoms with Crippen LogP contribution in [0, 0.1) is 5.39 Å². The highest BCUT2D eigenvalue weighted by Gasteiger charge is 2.12. The van der Waals surface area contributed by atoms with E-state index in [0.29, 0.717) is 0 Å². The summed E-state index contributed by atoms with van der Waals surface area (Å²) in [6, 6.07) is 0. The average Bonchev–Trinajstić information content (AvgIpc) is 1.68. The second-order valence-corrected chi connectivity index (χ2v) is 0.799. The van der Waals surface area contributed by atoms with Gasteiger partial charge in [-0.2, -0.15) is 4.79 Å². The third kappa shape index (κ3) is 2.70. The van der Waals surface area contributed by atoms with Gasteiger partial charge >= 0.3 is 6.09 Å². The van der Waals surface area contributed by atoms with Crippen molar-refractivity contribution in [2.45, 2.75) is 6.92 Å². The Hall–Kier alpha value is -1.11. The Morgan fingerprint density at radius 1 is 2.00 bits per heavy atom. The van der Waals surface area contributed by atoms with Crippen molar-refractivity contribution < 1.29 is 9.53 Å². The molecular weight excluding hydrogens is 96.0 g/mol. The molecule has 0 aliphatic heterocycles. The van der Waals surface area contributed by atoms with Crippen molar-refractivity contribution >= 4 is 6.09 Å². The second kappa shape index (κ2) is 3.09. The normalized spacial score (nSPS) is 6.86. The van der Waals surface area contributed by atoms with Crippen LogP contribution in [0.25, 0.3) is 4.98 Å². The molecule has 0 aliphatic rings. The maximum Gasteiger partial charge on any atom is 0.772 e. The van der Waals surface area contributed by atoms with Gasteiger partial charge in [0.25, 0.3) is 4.98 Å². The number of diazo groups is 1. The van der Waals surface area contributed by atoms with Crippen LogP contribution in [-0.4, -0.2) is 12.7 Å². The number of amides is 1. The molecule has 0 unspecified atom stereocenters. The zero-order chi connectivity index (χ0) is 5.70. The SMILES string of the molecule is CCOC(=O)[N+]#N. The monoisotopic (exact) mass is 101 g/mol. The predicted molar refractivity (Wildman–Crippen MR) is 22.1 cm³/mol. The van der Waals surface area contributed by atoms with Gasteiger partial charge in [-0.25, -0.2) is 0 Å². The summed E-state index contributed by atoms with van der Waals surface area (Å²) in [4.78, 5) is 12.0. The predicted octanol–water partition coefficient (Wildman–Crippen LogP) is 0.996. The van der Waals surface area contributed by atoms with E-state index in [9.17, 15) is 4.79 Å². The van der Waals surface area contributed by atoms with E-state index in [1.807, 2.05) is 0 Å². The Morgan fingerprint density at radius 3 is 2.71 bits per heavy atom. The number of nitrogens with zero attached hydrogens (tertiary/aromatic N) is 2. The van der Waals surface area contributed by atoms with Crippen molar-refractivity contribution in [2.75, 3.05) is 6.61 Å². The lowest BCUT2D eigenvalue weighted by Crippen LogP contribution is -1.93. The van der Waals surface area contributed by atoms with Crippen LogP contribution < -0.4 is 0 Å². The first kappa shape index (κ1) is 5.89. The quantitative estimate of drug-likeness (QED) is 0.463. The fourth-order valence-corrected chi connectivity index (χ4v) is 0.152. The number of carbonyl (C=O) groups excluding carboxylic acids is 1. The Balaban J connectivity index is 3.24. The van der Waals surface area contributed by atoms with Gasteiger partial charge in [0.05, 0.1) is 6.61 Å². The molecule has 0 aromatic heterocycles. The zero-order valence-electron chi connectivity index (χ0n) is 3.92. The zero-order valence-corrected chi connectivity index (χ0v) is 3.92. The van der Waals surface area contributed by atoms with E-state index in [1.54, 1.807) is 6.92 Å². The van der Waals surface area contributed by atoms with Gasteiger partial charge in [-0.15, -0.1) is 0 Å². The molecule has 0 saturated heterocycles. The Labute approximate surface area is 40.7 Å². The highest BCUT2D eigenvalue weighted by molar-refractivity contribution is 5.76. The molecule has 38 valence electrons. The van der Waals surface area contributed by atoms with E-state index in [1.165, 1.54) is 0 Å². The van der Waals surface area contributed by atoms with Gasteiger partial charge < -0.3 is 4.74 Å². The molecule has 0 aliphatic carbocycles. The maximum absolute atomic E-state index is 9.77. The molecule has 4 heteroatoms. The molecule has 0 spiro atoms. The molecule has 0 atom stereocenters. The molecule has 0 bridgehead atoms. The number of hydrogen-bond donors (Lipinski definition) is 0. The largest absolute Gasteiger partial charge is 0.772 e. The summed E-state index contributed by atoms with van der Waals surface area (Å²) in [5, 5.41) is 7.62. The summed E-state index contributed by atoms with van der Waals surface area (Å²) >= 11 is 0. The molecule has 0 aromatic rings. The molecule has 0 rings (SSSR count). The summed E-state index contributed by atoms with van der Waals surface area (Å²) in [5.74, 6) is 0. The van der Waals surface area contributed by atoms with Crippen molar-refractivity contribution in [3.05, 3.63) is 4.98 Å². The Morgan fingerprint density at radius 2 is 2.57 bits per heavy atom. The van der Waals surface area contributed by atoms with Gasteiger partial charge in [-0.05, 0) is 6.92 Å². The minimum atomic E-state index is -0.942. The van der Waals surface area contributed by atoms with Crippen LogP contribution >= 0.6 is 0 Å². The first-order valence-corrected chi connectivity index (χ1v) is 1.83. The lowest BCUT2D eigenvalue weighted by molar-refractivity contribution is 0.171. The smallest absolute Gasteiger partial charge is 0.395 e. The summed E-state index contributed by atoms with van der Waals surface area (Å²) in [7, 11) is 0. The third-order valence-electron chi connectivity index (χ3n) is 0.349. The van der Waals surface area contributed by atoms with Crippen LogP contribution in [-0.2, 0) is 4.74 Å². The van der Waals surface area contributed by atoms with Gasteiger partial charge in [-0.1, -0.05) is 0 Å². The van der Waals surface area contributed by atoms with Crippen LogP contribution in [0.5, 0.6) is 0 Å². The summed E-state index contributed by atoms with van der Waals surface area (Å²) < 4.78 is 4.14. The van der Waals surface area contributed by atoms with Crippen molar-refractivity contribution in [3.8, 4) is 0 Å². The van der Waals surface area contributed by atoms with E-state index in [-0.39, 0.29) is 6.61 Å². The summed E-state index contributed by atoms with van der Waals surface area (Å²) in [6.45, 7) is 1.87. The second-order valence-electron chi connectivity index (χ2n) is 0.799. The van der Waals surface area contributed by atoms with E-state index in [4.69, 9.17) is 5.39 Å². The molecule has 0 radical (unpaired) electrons. The Kier molecular flexibility index (Phi) is 2.60. The lowest BCUT2D eigenvalue weighted by atomic mass is 10.9. The van der Waals surface area contributed by atoms with Crippen LogP contribution in [0.3, 0.4) is 0 Å². The maximum atomic E-state index is 9.77. The van der Waals surface area contributed by atoms with E-state index in [0.717, 1.165) is 0 Å². The van der Waals surface area contributed by atoms with Gasteiger partial charge in [0, 0.05) is 0 Å². The molecule has 4 nitrogen and oxygen atoms in total. The standard InChI is InChI=1S/C3H5N2O2/c1-2-7-3(6)5-4/h2H2,1H3/q+1. The molecular formula is C3H5N2O2+. The summed E-state index contributed by atoms with van der Waals surface area (Å²) in [5.41, 5.74) is 0. The third-order valence-corrected chi connectivity index (χ3v) is 0.349. The average molecular weight is 101 g/mol. The number of rotatable bonds is 1. The minimum absolute atomic E-state index is 0.239. The fraction of sp³-hybridized carbons (Fsp3) is 0.667. The van der Waals surface area contributed by atoms with Crippen LogP contribution in [0.15, 0.2) is 0 Å². The van der Waals surface area contributed by atoms with Crippen LogP contribution in [0.2, 0.25) is 0 Å². The van der Waals surface area contributed by atoms with Crippen molar-refractivity contribution in [2.24, 2.45) is 0 Å².